The molecule has 180 valence electrons. The molecule has 1 heteroatoms. The van der Waals surface area contributed by atoms with Crippen molar-refractivity contribution in [3.05, 3.63) is 125 Å². The molecule has 0 saturated heterocycles. The molecule has 0 unspecified atom stereocenters. The van der Waals surface area contributed by atoms with Gasteiger partial charge in [-0.15, -0.1) is 0 Å². The first-order chi connectivity index (χ1) is 17.7. The van der Waals surface area contributed by atoms with E-state index in [1.54, 1.807) is 0 Å². The topological polar surface area (TPSA) is 9.23 Å². The smallest absolute Gasteiger partial charge is 0.119 e. The van der Waals surface area contributed by atoms with E-state index < -0.39 is 0 Å². The quantitative estimate of drug-likeness (QED) is 0.135. The van der Waals surface area contributed by atoms with Crippen molar-refractivity contribution < 1.29 is 4.74 Å². The summed E-state index contributed by atoms with van der Waals surface area (Å²) in [5.74, 6) is 7.66. The second kappa shape index (κ2) is 13.2. The van der Waals surface area contributed by atoms with Crippen molar-refractivity contribution >= 4 is 12.2 Å². The highest BCUT2D eigenvalue weighted by molar-refractivity contribution is 5.78. The van der Waals surface area contributed by atoms with E-state index in [-0.39, 0.29) is 0 Å². The van der Waals surface area contributed by atoms with Gasteiger partial charge >= 0.3 is 0 Å². The lowest BCUT2D eigenvalue weighted by molar-refractivity contribution is 0.305. The van der Waals surface area contributed by atoms with Crippen LogP contribution in [-0.4, -0.2) is 6.61 Å². The minimum absolute atomic E-state index is 0.775. The fraction of sp³-hybridized carbons (Fsp3) is 0.200. The number of rotatable bonds is 9. The van der Waals surface area contributed by atoms with Crippen molar-refractivity contribution in [2.45, 2.75) is 39.5 Å². The number of ether oxygens (including phenoxy) is 1. The first kappa shape index (κ1) is 25.1. The van der Waals surface area contributed by atoms with Crippen LogP contribution in [-0.2, 0) is 0 Å². The molecule has 36 heavy (non-hydrogen) atoms. The molecule has 4 aromatic rings. The summed E-state index contributed by atoms with van der Waals surface area (Å²) in [5, 5.41) is 0. The van der Waals surface area contributed by atoms with Crippen LogP contribution >= 0.6 is 0 Å². The second-order valence-corrected chi connectivity index (χ2v) is 9.05. The molecule has 0 spiro atoms. The van der Waals surface area contributed by atoms with Gasteiger partial charge in [-0.3, -0.25) is 0 Å². The predicted molar refractivity (Wildman–Crippen MR) is 154 cm³/mol. The Kier molecular flexibility index (Phi) is 9.18. The number of hydrogen-bond acceptors (Lipinski definition) is 1. The predicted octanol–water partition coefficient (Wildman–Crippen LogP) is 9.19. The van der Waals surface area contributed by atoms with Crippen LogP contribution in [0.3, 0.4) is 0 Å². The molecule has 0 amide bonds. The van der Waals surface area contributed by atoms with Gasteiger partial charge in [0.1, 0.15) is 5.75 Å². The standard InChI is InChI=1S/C35H34O/c1-3-4-5-11-26-36-33-24-21-30(22-25-33)20-23-32-14-9-10-15-34(32)35-27-31(17-16-28(35)2)19-18-29-12-7-6-8-13-29/h6-10,12-19,21-22,24-25,27H,3-5,11,26H2,1-2H3/b19-18+. The van der Waals surface area contributed by atoms with Crippen LogP contribution in [0.2, 0.25) is 0 Å². The lowest BCUT2D eigenvalue weighted by Gasteiger charge is -2.10. The summed E-state index contributed by atoms with van der Waals surface area (Å²) in [6, 6.07) is 33.5. The average Bonchev–Trinajstić information content (AvgIpc) is 2.93. The van der Waals surface area contributed by atoms with E-state index in [1.165, 1.54) is 41.5 Å². The highest BCUT2D eigenvalue weighted by atomic mass is 16.5. The van der Waals surface area contributed by atoms with Crippen molar-refractivity contribution in [2.24, 2.45) is 0 Å². The molecule has 4 rings (SSSR count). The molecular weight excluding hydrogens is 436 g/mol. The Hall–Kier alpha value is -4.02. The maximum Gasteiger partial charge on any atom is 0.119 e. The number of benzene rings is 4. The monoisotopic (exact) mass is 470 g/mol. The first-order valence-corrected chi connectivity index (χ1v) is 12.9. The van der Waals surface area contributed by atoms with Gasteiger partial charge in [0.25, 0.3) is 0 Å². The van der Waals surface area contributed by atoms with Gasteiger partial charge < -0.3 is 4.74 Å². The Balaban J connectivity index is 1.51. The van der Waals surface area contributed by atoms with Crippen LogP contribution in [0.4, 0.5) is 0 Å². The van der Waals surface area contributed by atoms with Gasteiger partial charge in [0.05, 0.1) is 6.61 Å². The van der Waals surface area contributed by atoms with E-state index in [0.717, 1.165) is 35.5 Å². The van der Waals surface area contributed by atoms with Gasteiger partial charge in [-0.2, -0.15) is 0 Å². The Bertz CT molecular complexity index is 1340. The van der Waals surface area contributed by atoms with Gasteiger partial charge in [0, 0.05) is 11.1 Å². The molecule has 0 radical (unpaired) electrons. The van der Waals surface area contributed by atoms with Crippen molar-refractivity contribution in [1.29, 1.82) is 0 Å². The molecular formula is C35H34O. The van der Waals surface area contributed by atoms with E-state index in [4.69, 9.17) is 4.74 Å². The van der Waals surface area contributed by atoms with E-state index in [1.807, 2.05) is 30.3 Å². The first-order valence-electron chi connectivity index (χ1n) is 12.9. The maximum absolute atomic E-state index is 5.87. The maximum atomic E-state index is 5.87. The largest absolute Gasteiger partial charge is 0.494 e. The molecule has 4 aromatic carbocycles. The molecule has 0 bridgehead atoms. The van der Waals surface area contributed by atoms with Gasteiger partial charge in [-0.25, -0.2) is 0 Å². The van der Waals surface area contributed by atoms with Crippen LogP contribution in [0.25, 0.3) is 23.3 Å². The third-order valence-corrected chi connectivity index (χ3v) is 6.21. The van der Waals surface area contributed by atoms with Crippen molar-refractivity contribution in [1.82, 2.24) is 0 Å². The van der Waals surface area contributed by atoms with Crippen LogP contribution in [0.1, 0.15) is 60.4 Å². The van der Waals surface area contributed by atoms with Gasteiger partial charge in [-0.1, -0.05) is 111 Å². The lowest BCUT2D eigenvalue weighted by atomic mass is 9.94. The third-order valence-electron chi connectivity index (χ3n) is 6.21. The summed E-state index contributed by atoms with van der Waals surface area (Å²) in [6.07, 6.45) is 9.17. The molecule has 0 fully saturated rings. The molecule has 0 atom stereocenters. The minimum atomic E-state index is 0.775. The molecule has 0 saturated carbocycles. The lowest BCUT2D eigenvalue weighted by Crippen LogP contribution is -1.96. The van der Waals surface area contributed by atoms with Crippen molar-refractivity contribution in [3.8, 4) is 28.7 Å². The summed E-state index contributed by atoms with van der Waals surface area (Å²) in [5.41, 5.74) is 7.99. The van der Waals surface area contributed by atoms with E-state index in [0.29, 0.717) is 0 Å². The van der Waals surface area contributed by atoms with Crippen LogP contribution in [0.15, 0.2) is 97.1 Å². The van der Waals surface area contributed by atoms with Crippen molar-refractivity contribution in [2.75, 3.05) is 6.61 Å². The molecule has 0 aliphatic heterocycles. The average molecular weight is 471 g/mol. The Morgan fingerprint density at radius 1 is 0.667 bits per heavy atom. The third kappa shape index (κ3) is 7.24. The summed E-state index contributed by atoms with van der Waals surface area (Å²) in [7, 11) is 0. The molecule has 0 N–H and O–H groups in total. The zero-order valence-corrected chi connectivity index (χ0v) is 21.3. The van der Waals surface area contributed by atoms with Gasteiger partial charge in [0.15, 0.2) is 0 Å². The minimum Gasteiger partial charge on any atom is -0.494 e. The van der Waals surface area contributed by atoms with Crippen molar-refractivity contribution in [3.63, 3.8) is 0 Å². The van der Waals surface area contributed by atoms with E-state index in [2.05, 4.69) is 105 Å². The second-order valence-electron chi connectivity index (χ2n) is 9.05. The normalized spacial score (nSPS) is 10.7. The Morgan fingerprint density at radius 2 is 1.42 bits per heavy atom. The summed E-state index contributed by atoms with van der Waals surface area (Å²) in [6.45, 7) is 5.16. The summed E-state index contributed by atoms with van der Waals surface area (Å²) < 4.78 is 5.87. The molecule has 0 heterocycles. The van der Waals surface area contributed by atoms with Gasteiger partial charge in [0.2, 0.25) is 0 Å². The fourth-order valence-corrected chi connectivity index (χ4v) is 4.11. The SMILES string of the molecule is CCCCCCOc1ccc(C#Cc2ccccc2-c2cc(/C=C/c3ccccc3)ccc2C)cc1. The molecule has 0 aliphatic rings. The van der Waals surface area contributed by atoms with Gasteiger partial charge in [-0.05, 0) is 77.6 Å². The number of unbranched alkanes of at least 4 members (excludes halogenated alkanes) is 3. The highest BCUT2D eigenvalue weighted by Crippen LogP contribution is 2.28. The Morgan fingerprint density at radius 3 is 2.22 bits per heavy atom. The summed E-state index contributed by atoms with van der Waals surface area (Å²) in [4.78, 5) is 0. The Labute approximate surface area is 216 Å². The van der Waals surface area contributed by atoms with E-state index in [9.17, 15) is 0 Å². The summed E-state index contributed by atoms with van der Waals surface area (Å²) >= 11 is 0. The number of hydrogen-bond donors (Lipinski definition) is 0. The zero-order valence-electron chi connectivity index (χ0n) is 21.3. The fourth-order valence-electron chi connectivity index (χ4n) is 4.11. The zero-order chi connectivity index (χ0) is 25.0. The number of aryl methyl sites for hydroxylation is 1. The van der Waals surface area contributed by atoms with Crippen LogP contribution in [0, 0.1) is 18.8 Å². The van der Waals surface area contributed by atoms with E-state index >= 15 is 0 Å². The molecule has 0 aliphatic carbocycles. The molecule has 0 aromatic heterocycles. The molecule has 1 nitrogen and oxygen atoms in total. The van der Waals surface area contributed by atoms with Crippen LogP contribution in [0.5, 0.6) is 5.75 Å². The van der Waals surface area contributed by atoms with Crippen LogP contribution < -0.4 is 4.74 Å². The highest BCUT2D eigenvalue weighted by Gasteiger charge is 2.07.